The average molecular weight is 237 g/mol. The van der Waals surface area contributed by atoms with Crippen molar-refractivity contribution in [3.8, 4) is 0 Å². The van der Waals surface area contributed by atoms with E-state index < -0.39 is 0 Å². The Balaban J connectivity index is 1.99. The molecular weight excluding hydrogens is 214 g/mol. The summed E-state index contributed by atoms with van der Waals surface area (Å²) in [6, 6.07) is 1.15. The van der Waals surface area contributed by atoms with E-state index in [0.717, 1.165) is 37.7 Å². The van der Waals surface area contributed by atoms with Crippen molar-refractivity contribution >= 4 is 0 Å². The second-order valence-electron chi connectivity index (χ2n) is 4.87. The zero-order valence-corrected chi connectivity index (χ0v) is 11.1. The number of oxazole rings is 1. The molecule has 1 aliphatic rings. The Bertz CT molecular complexity index is 350. The van der Waals surface area contributed by atoms with Gasteiger partial charge in [0.05, 0.1) is 12.7 Å². The third kappa shape index (κ3) is 3.07. The molecule has 17 heavy (non-hydrogen) atoms. The molecular formula is C13H23N3O. The van der Waals surface area contributed by atoms with Crippen molar-refractivity contribution in [2.24, 2.45) is 0 Å². The summed E-state index contributed by atoms with van der Waals surface area (Å²) in [5.41, 5.74) is 0. The summed E-state index contributed by atoms with van der Waals surface area (Å²) in [7, 11) is 0. The van der Waals surface area contributed by atoms with E-state index in [1.807, 2.05) is 6.20 Å². The summed E-state index contributed by atoms with van der Waals surface area (Å²) in [4.78, 5) is 6.82. The molecule has 4 nitrogen and oxygen atoms in total. The molecule has 1 fully saturated rings. The van der Waals surface area contributed by atoms with Crippen LogP contribution < -0.4 is 5.32 Å². The van der Waals surface area contributed by atoms with Crippen LogP contribution in [-0.2, 0) is 13.0 Å². The molecule has 0 saturated carbocycles. The molecule has 0 aromatic carbocycles. The van der Waals surface area contributed by atoms with Gasteiger partial charge in [0.25, 0.3) is 0 Å². The van der Waals surface area contributed by atoms with Gasteiger partial charge in [-0.25, -0.2) is 4.98 Å². The standard InChI is InChI=1S/C13H23N3O/c1-4-11-6-14-10(3)8-16(11)9-13-15-7-12(5-2)17-13/h7,10-11,14H,4-6,8-9H2,1-3H3. The third-order valence-electron chi connectivity index (χ3n) is 3.49. The highest BCUT2D eigenvalue weighted by Crippen LogP contribution is 2.15. The number of hydrogen-bond acceptors (Lipinski definition) is 4. The number of hydrogen-bond donors (Lipinski definition) is 1. The molecule has 1 aliphatic heterocycles. The number of aryl methyl sites for hydroxylation is 1. The minimum atomic E-state index is 0.554. The fourth-order valence-corrected chi connectivity index (χ4v) is 2.39. The summed E-state index contributed by atoms with van der Waals surface area (Å²) < 4.78 is 5.69. The van der Waals surface area contributed by atoms with Gasteiger partial charge >= 0.3 is 0 Å². The Morgan fingerprint density at radius 1 is 1.53 bits per heavy atom. The molecule has 2 rings (SSSR count). The van der Waals surface area contributed by atoms with Gasteiger partial charge in [0.15, 0.2) is 0 Å². The maximum absolute atomic E-state index is 5.69. The van der Waals surface area contributed by atoms with Crippen LogP contribution in [0.2, 0.25) is 0 Å². The van der Waals surface area contributed by atoms with Gasteiger partial charge in [-0.1, -0.05) is 13.8 Å². The highest BCUT2D eigenvalue weighted by atomic mass is 16.4. The van der Waals surface area contributed by atoms with Crippen LogP contribution in [0.5, 0.6) is 0 Å². The Morgan fingerprint density at radius 2 is 2.35 bits per heavy atom. The topological polar surface area (TPSA) is 41.3 Å². The second kappa shape index (κ2) is 5.65. The highest BCUT2D eigenvalue weighted by molar-refractivity contribution is 4.95. The third-order valence-corrected chi connectivity index (χ3v) is 3.49. The SMILES string of the molecule is CCc1cnc(CN2CC(C)NCC2CC)o1. The molecule has 96 valence electrons. The van der Waals surface area contributed by atoms with Crippen LogP contribution in [0, 0.1) is 0 Å². The van der Waals surface area contributed by atoms with Crippen LogP contribution in [0.3, 0.4) is 0 Å². The lowest BCUT2D eigenvalue weighted by atomic mass is 10.1. The highest BCUT2D eigenvalue weighted by Gasteiger charge is 2.25. The predicted molar refractivity (Wildman–Crippen MR) is 67.8 cm³/mol. The van der Waals surface area contributed by atoms with Crippen molar-refractivity contribution in [2.75, 3.05) is 13.1 Å². The summed E-state index contributed by atoms with van der Waals surface area (Å²) in [6.45, 7) is 9.53. The Hall–Kier alpha value is -0.870. The van der Waals surface area contributed by atoms with Gasteiger partial charge in [-0.15, -0.1) is 0 Å². The Kier molecular flexibility index (Phi) is 4.18. The van der Waals surface area contributed by atoms with Gasteiger partial charge in [0, 0.05) is 31.6 Å². The predicted octanol–water partition coefficient (Wildman–Crippen LogP) is 1.81. The van der Waals surface area contributed by atoms with E-state index in [2.05, 4.69) is 36.0 Å². The average Bonchev–Trinajstić information content (AvgIpc) is 2.77. The van der Waals surface area contributed by atoms with Gasteiger partial charge < -0.3 is 9.73 Å². The van der Waals surface area contributed by atoms with E-state index in [1.54, 1.807) is 0 Å². The van der Waals surface area contributed by atoms with Crippen LogP contribution in [-0.4, -0.2) is 35.1 Å². The Labute approximate surface area is 103 Å². The summed E-state index contributed by atoms with van der Waals surface area (Å²) >= 11 is 0. The molecule has 4 heteroatoms. The van der Waals surface area contributed by atoms with Crippen molar-refractivity contribution in [3.63, 3.8) is 0 Å². The van der Waals surface area contributed by atoms with Gasteiger partial charge in [-0.2, -0.15) is 0 Å². The minimum Gasteiger partial charge on any atom is -0.444 e. The van der Waals surface area contributed by atoms with Crippen LogP contribution in [0.1, 0.15) is 38.8 Å². The normalized spacial score (nSPS) is 26.3. The van der Waals surface area contributed by atoms with E-state index in [0.29, 0.717) is 12.1 Å². The largest absolute Gasteiger partial charge is 0.444 e. The summed E-state index contributed by atoms with van der Waals surface area (Å²) in [5.74, 6) is 1.84. The van der Waals surface area contributed by atoms with Gasteiger partial charge in [0.1, 0.15) is 5.76 Å². The summed E-state index contributed by atoms with van der Waals surface area (Å²) in [6.07, 6.45) is 3.94. The summed E-state index contributed by atoms with van der Waals surface area (Å²) in [5, 5.41) is 3.52. The van der Waals surface area contributed by atoms with Gasteiger partial charge in [0.2, 0.25) is 5.89 Å². The molecule has 1 aromatic rings. The molecule has 0 bridgehead atoms. The lowest BCUT2D eigenvalue weighted by Gasteiger charge is -2.38. The lowest BCUT2D eigenvalue weighted by Crippen LogP contribution is -2.54. The van der Waals surface area contributed by atoms with Crippen molar-refractivity contribution in [3.05, 3.63) is 17.8 Å². The zero-order valence-electron chi connectivity index (χ0n) is 11.1. The van der Waals surface area contributed by atoms with E-state index in [9.17, 15) is 0 Å². The van der Waals surface area contributed by atoms with Gasteiger partial charge in [-0.05, 0) is 13.3 Å². The van der Waals surface area contributed by atoms with Gasteiger partial charge in [-0.3, -0.25) is 4.90 Å². The number of nitrogens with zero attached hydrogens (tertiary/aromatic N) is 2. The molecule has 2 heterocycles. The van der Waals surface area contributed by atoms with Crippen LogP contribution in [0.25, 0.3) is 0 Å². The second-order valence-corrected chi connectivity index (χ2v) is 4.87. The molecule has 0 radical (unpaired) electrons. The number of nitrogens with one attached hydrogen (secondary N) is 1. The quantitative estimate of drug-likeness (QED) is 0.867. The lowest BCUT2D eigenvalue weighted by molar-refractivity contribution is 0.113. The fraction of sp³-hybridized carbons (Fsp3) is 0.769. The first kappa shape index (κ1) is 12.6. The minimum absolute atomic E-state index is 0.554. The van der Waals surface area contributed by atoms with Crippen molar-refractivity contribution in [1.29, 1.82) is 0 Å². The molecule has 1 saturated heterocycles. The first-order valence-corrected chi connectivity index (χ1v) is 6.64. The molecule has 2 unspecified atom stereocenters. The maximum Gasteiger partial charge on any atom is 0.208 e. The smallest absolute Gasteiger partial charge is 0.208 e. The number of rotatable bonds is 4. The van der Waals surface area contributed by atoms with E-state index in [4.69, 9.17) is 4.42 Å². The molecule has 0 spiro atoms. The van der Waals surface area contributed by atoms with Crippen molar-refractivity contribution in [1.82, 2.24) is 15.2 Å². The Morgan fingerprint density at radius 3 is 3.00 bits per heavy atom. The monoisotopic (exact) mass is 237 g/mol. The fourth-order valence-electron chi connectivity index (χ4n) is 2.39. The first-order chi connectivity index (χ1) is 8.22. The van der Waals surface area contributed by atoms with Crippen LogP contribution >= 0.6 is 0 Å². The molecule has 0 aliphatic carbocycles. The molecule has 1 N–H and O–H groups in total. The molecule has 0 amide bonds. The van der Waals surface area contributed by atoms with E-state index >= 15 is 0 Å². The zero-order chi connectivity index (χ0) is 12.3. The van der Waals surface area contributed by atoms with E-state index in [-0.39, 0.29) is 0 Å². The number of aromatic nitrogens is 1. The maximum atomic E-state index is 5.69. The van der Waals surface area contributed by atoms with E-state index in [1.165, 1.54) is 6.42 Å². The van der Waals surface area contributed by atoms with Crippen LogP contribution in [0.4, 0.5) is 0 Å². The van der Waals surface area contributed by atoms with Crippen molar-refractivity contribution < 1.29 is 4.42 Å². The number of piperazine rings is 1. The van der Waals surface area contributed by atoms with Crippen molar-refractivity contribution in [2.45, 2.75) is 52.2 Å². The molecule has 1 aromatic heterocycles. The molecule has 2 atom stereocenters. The first-order valence-electron chi connectivity index (χ1n) is 6.64. The van der Waals surface area contributed by atoms with Crippen LogP contribution in [0.15, 0.2) is 10.6 Å².